The van der Waals surface area contributed by atoms with Crippen molar-refractivity contribution in [1.29, 1.82) is 0 Å². The molecule has 0 aliphatic heterocycles. The van der Waals surface area contributed by atoms with Gasteiger partial charge in [-0.2, -0.15) is 0 Å². The van der Waals surface area contributed by atoms with E-state index >= 15 is 0 Å². The van der Waals surface area contributed by atoms with E-state index in [1.807, 2.05) is 0 Å². The van der Waals surface area contributed by atoms with Gasteiger partial charge in [0, 0.05) is 13.8 Å². The fourth-order valence-corrected chi connectivity index (χ4v) is 3.67. The number of carbonyl (C=O) groups is 3. The monoisotopic (exact) mass is 428 g/mol. The van der Waals surface area contributed by atoms with E-state index in [1.54, 1.807) is 0 Å². The molecule has 0 aromatic heterocycles. The molecule has 0 bridgehead atoms. The molecule has 0 saturated carbocycles. The molecule has 0 aliphatic carbocycles. The van der Waals surface area contributed by atoms with Gasteiger partial charge in [-0.05, 0) is 12.8 Å². The van der Waals surface area contributed by atoms with Crippen molar-refractivity contribution in [2.24, 2.45) is 0 Å². The number of unbranched alkanes of at least 4 members (excludes halogenated alkanes) is 14. The Morgan fingerprint density at radius 1 is 0.633 bits per heavy atom. The summed E-state index contributed by atoms with van der Waals surface area (Å²) in [5, 5.41) is 9.26. The average Bonchev–Trinajstić information content (AvgIpc) is 2.67. The molecule has 6 heteroatoms. The van der Waals surface area contributed by atoms with E-state index in [1.165, 1.54) is 84.0 Å². The molecule has 0 rings (SSSR count). The molecule has 0 aromatic carbocycles. The summed E-state index contributed by atoms with van der Waals surface area (Å²) in [6, 6.07) is 0. The van der Waals surface area contributed by atoms with E-state index in [2.05, 4.69) is 6.92 Å². The molecule has 30 heavy (non-hydrogen) atoms. The number of carboxylic acids is 1. The summed E-state index contributed by atoms with van der Waals surface area (Å²) in [4.78, 5) is 33.8. The molecule has 176 valence electrons. The second-order valence-corrected chi connectivity index (χ2v) is 8.25. The lowest BCUT2D eigenvalue weighted by molar-refractivity contribution is -0.178. The smallest absolute Gasteiger partial charge is 0.348 e. The second kappa shape index (κ2) is 19.4. The van der Waals surface area contributed by atoms with Crippen LogP contribution in [0.1, 0.15) is 124 Å². The molecule has 0 saturated heterocycles. The first kappa shape index (κ1) is 28.4. The third-order valence-corrected chi connectivity index (χ3v) is 5.28. The summed E-state index contributed by atoms with van der Waals surface area (Å²) >= 11 is 0. The predicted molar refractivity (Wildman–Crippen MR) is 118 cm³/mol. The number of hydrogen-bond acceptors (Lipinski definition) is 5. The molecule has 1 N–H and O–H groups in total. The lowest BCUT2D eigenvalue weighted by Crippen LogP contribution is -2.40. The molecule has 0 fully saturated rings. The normalized spacial score (nSPS) is 12.9. The van der Waals surface area contributed by atoms with Crippen LogP contribution < -0.4 is 0 Å². The van der Waals surface area contributed by atoms with Crippen LogP contribution in [0, 0.1) is 0 Å². The number of esters is 2. The van der Waals surface area contributed by atoms with Crippen LogP contribution in [-0.4, -0.2) is 35.2 Å². The van der Waals surface area contributed by atoms with Crippen molar-refractivity contribution < 1.29 is 29.0 Å². The SMILES string of the molecule is CCCCCCCCCCCCCCCCC[C@H](OC(C)=O)[C@@H](OC(C)=O)C(=O)O. The minimum atomic E-state index is -1.45. The Balaban J connectivity index is 3.78. The summed E-state index contributed by atoms with van der Waals surface area (Å²) in [6.07, 6.45) is 16.7. The van der Waals surface area contributed by atoms with Gasteiger partial charge < -0.3 is 14.6 Å². The molecule has 6 nitrogen and oxygen atoms in total. The molecule has 2 atom stereocenters. The topological polar surface area (TPSA) is 89.9 Å². The zero-order chi connectivity index (χ0) is 22.6. The summed E-state index contributed by atoms with van der Waals surface area (Å²) in [5.74, 6) is -2.56. The fraction of sp³-hybridized carbons (Fsp3) is 0.875. The second-order valence-electron chi connectivity index (χ2n) is 8.25. The molecule has 0 amide bonds. The maximum atomic E-state index is 11.3. The molecule has 0 spiro atoms. The van der Waals surface area contributed by atoms with E-state index in [-0.39, 0.29) is 0 Å². The van der Waals surface area contributed by atoms with Crippen LogP contribution in [-0.2, 0) is 23.9 Å². The van der Waals surface area contributed by atoms with Crippen LogP contribution in [0.15, 0.2) is 0 Å². The minimum Gasteiger partial charge on any atom is -0.478 e. The Bertz CT molecular complexity index is 463. The Morgan fingerprint density at radius 2 is 1.00 bits per heavy atom. The first-order valence-electron chi connectivity index (χ1n) is 12.0. The van der Waals surface area contributed by atoms with Crippen molar-refractivity contribution in [3.8, 4) is 0 Å². The van der Waals surface area contributed by atoms with Crippen LogP contribution in [0.3, 0.4) is 0 Å². The molecule has 0 aromatic rings. The third kappa shape index (κ3) is 17.3. The van der Waals surface area contributed by atoms with E-state index in [9.17, 15) is 19.5 Å². The maximum absolute atomic E-state index is 11.3. The molecular weight excluding hydrogens is 384 g/mol. The van der Waals surface area contributed by atoms with Gasteiger partial charge in [-0.15, -0.1) is 0 Å². The zero-order valence-electron chi connectivity index (χ0n) is 19.5. The van der Waals surface area contributed by atoms with Gasteiger partial charge in [0.05, 0.1) is 0 Å². The first-order chi connectivity index (χ1) is 14.4. The van der Waals surface area contributed by atoms with Gasteiger partial charge in [-0.1, -0.05) is 96.8 Å². The standard InChI is InChI=1S/C24H44O6/c1-4-5-6-7-8-9-10-11-12-13-14-15-16-17-18-19-22(29-20(2)25)23(24(27)28)30-21(3)26/h22-23H,4-19H2,1-3H3,(H,27,28)/t22-,23+/m0/s1. The fourth-order valence-electron chi connectivity index (χ4n) is 3.67. The van der Waals surface area contributed by atoms with E-state index in [4.69, 9.17) is 9.47 Å². The van der Waals surface area contributed by atoms with E-state index in [0.717, 1.165) is 26.2 Å². The van der Waals surface area contributed by atoms with Gasteiger partial charge in [0.15, 0.2) is 0 Å². The highest BCUT2D eigenvalue weighted by Gasteiger charge is 2.33. The average molecular weight is 429 g/mol. The number of rotatable bonds is 20. The highest BCUT2D eigenvalue weighted by molar-refractivity contribution is 5.78. The van der Waals surface area contributed by atoms with Gasteiger partial charge in [-0.25, -0.2) is 4.79 Å². The number of aliphatic carboxylic acids is 1. The van der Waals surface area contributed by atoms with Crippen LogP contribution in [0.2, 0.25) is 0 Å². The van der Waals surface area contributed by atoms with Crippen molar-refractivity contribution in [2.45, 2.75) is 136 Å². The van der Waals surface area contributed by atoms with Crippen LogP contribution >= 0.6 is 0 Å². The predicted octanol–water partition coefficient (Wildman–Crippen LogP) is 6.20. The van der Waals surface area contributed by atoms with Crippen molar-refractivity contribution in [3.63, 3.8) is 0 Å². The summed E-state index contributed by atoms with van der Waals surface area (Å²) in [5.41, 5.74) is 0. The van der Waals surface area contributed by atoms with Gasteiger partial charge in [0.2, 0.25) is 6.10 Å². The maximum Gasteiger partial charge on any atom is 0.348 e. The summed E-state index contributed by atoms with van der Waals surface area (Å²) in [6.45, 7) is 4.63. The van der Waals surface area contributed by atoms with Crippen LogP contribution in [0.25, 0.3) is 0 Å². The van der Waals surface area contributed by atoms with Crippen LogP contribution in [0.5, 0.6) is 0 Å². The Hall–Kier alpha value is -1.59. The molecular formula is C24H44O6. The number of carbonyl (C=O) groups excluding carboxylic acids is 2. The summed E-state index contributed by atoms with van der Waals surface area (Å²) < 4.78 is 9.93. The Morgan fingerprint density at radius 3 is 1.33 bits per heavy atom. The zero-order valence-corrected chi connectivity index (χ0v) is 19.5. The quantitative estimate of drug-likeness (QED) is 0.183. The Labute approximate surface area is 183 Å². The third-order valence-electron chi connectivity index (χ3n) is 5.28. The van der Waals surface area contributed by atoms with Crippen LogP contribution in [0.4, 0.5) is 0 Å². The Kier molecular flexibility index (Phi) is 18.4. The van der Waals surface area contributed by atoms with E-state index < -0.39 is 30.1 Å². The number of ether oxygens (including phenoxy) is 2. The van der Waals surface area contributed by atoms with E-state index in [0.29, 0.717) is 6.42 Å². The van der Waals surface area contributed by atoms with Crippen molar-refractivity contribution in [1.82, 2.24) is 0 Å². The molecule has 0 aliphatic rings. The van der Waals surface area contributed by atoms with Gasteiger partial charge in [-0.3, -0.25) is 9.59 Å². The molecule has 0 radical (unpaired) electrons. The number of carboxylic acid groups (broad SMARTS) is 1. The molecule has 0 unspecified atom stereocenters. The summed E-state index contributed by atoms with van der Waals surface area (Å²) in [7, 11) is 0. The lowest BCUT2D eigenvalue weighted by Gasteiger charge is -2.23. The van der Waals surface area contributed by atoms with Gasteiger partial charge >= 0.3 is 17.9 Å². The highest BCUT2D eigenvalue weighted by Crippen LogP contribution is 2.17. The number of hydrogen-bond donors (Lipinski definition) is 1. The van der Waals surface area contributed by atoms with Crippen molar-refractivity contribution in [3.05, 3.63) is 0 Å². The highest BCUT2D eigenvalue weighted by atomic mass is 16.6. The minimum absolute atomic E-state index is 0.377. The molecule has 0 heterocycles. The van der Waals surface area contributed by atoms with Gasteiger partial charge in [0.1, 0.15) is 6.10 Å². The van der Waals surface area contributed by atoms with Gasteiger partial charge in [0.25, 0.3) is 0 Å². The largest absolute Gasteiger partial charge is 0.478 e. The van der Waals surface area contributed by atoms with Crippen molar-refractivity contribution in [2.75, 3.05) is 0 Å². The van der Waals surface area contributed by atoms with Crippen molar-refractivity contribution >= 4 is 17.9 Å². The first-order valence-corrected chi connectivity index (χ1v) is 12.0. The lowest BCUT2D eigenvalue weighted by atomic mass is 10.0.